The molecule has 0 saturated carbocycles. The fourth-order valence-electron chi connectivity index (χ4n) is 1.51. The van der Waals surface area contributed by atoms with Crippen LogP contribution in [0.3, 0.4) is 0 Å². The van der Waals surface area contributed by atoms with Crippen molar-refractivity contribution in [1.82, 2.24) is 5.32 Å². The van der Waals surface area contributed by atoms with Crippen molar-refractivity contribution >= 4 is 0 Å². The molecule has 2 unspecified atom stereocenters. The number of halogens is 1. The zero-order valence-corrected chi connectivity index (χ0v) is 10.5. The van der Waals surface area contributed by atoms with Crippen molar-refractivity contribution in [3.05, 3.63) is 29.6 Å². The van der Waals surface area contributed by atoms with E-state index in [9.17, 15) is 4.39 Å². The van der Waals surface area contributed by atoms with Gasteiger partial charge in [0, 0.05) is 19.2 Å². The van der Waals surface area contributed by atoms with Gasteiger partial charge in [0.25, 0.3) is 0 Å². The van der Waals surface area contributed by atoms with Crippen LogP contribution in [0.5, 0.6) is 5.75 Å². The summed E-state index contributed by atoms with van der Waals surface area (Å²) < 4.78 is 18.3. The first kappa shape index (κ1) is 13.9. The molecule has 96 valence electrons. The van der Waals surface area contributed by atoms with Crippen LogP contribution in [-0.2, 0) is 0 Å². The minimum atomic E-state index is -0.353. The van der Waals surface area contributed by atoms with E-state index in [1.807, 2.05) is 19.9 Å². The molecule has 0 heterocycles. The molecular formula is C13H20FNO2. The number of aliphatic hydroxyl groups is 1. The smallest absolute Gasteiger partial charge is 0.165 e. The second-order valence-electron chi connectivity index (χ2n) is 4.31. The van der Waals surface area contributed by atoms with Crippen LogP contribution in [0.25, 0.3) is 0 Å². The lowest BCUT2D eigenvalue weighted by molar-refractivity contribution is 0.231. The first-order valence-electron chi connectivity index (χ1n) is 5.76. The Bertz CT molecular complexity index is 357. The number of hydrogen-bond acceptors (Lipinski definition) is 3. The van der Waals surface area contributed by atoms with E-state index in [0.717, 1.165) is 5.56 Å². The van der Waals surface area contributed by atoms with Crippen LogP contribution in [0.1, 0.15) is 25.5 Å². The Labute approximate surface area is 102 Å². The molecule has 0 aliphatic heterocycles. The molecule has 17 heavy (non-hydrogen) atoms. The lowest BCUT2D eigenvalue weighted by Crippen LogP contribution is -2.26. The van der Waals surface area contributed by atoms with Gasteiger partial charge in [-0.25, -0.2) is 4.39 Å². The molecule has 0 amide bonds. The van der Waals surface area contributed by atoms with Gasteiger partial charge in [-0.1, -0.05) is 13.0 Å². The van der Waals surface area contributed by atoms with E-state index in [4.69, 9.17) is 9.84 Å². The van der Waals surface area contributed by atoms with Crippen molar-refractivity contribution in [2.75, 3.05) is 20.3 Å². The number of hydrogen-bond donors (Lipinski definition) is 2. The predicted molar refractivity (Wildman–Crippen MR) is 65.6 cm³/mol. The summed E-state index contributed by atoms with van der Waals surface area (Å²) in [5, 5.41) is 12.2. The van der Waals surface area contributed by atoms with Gasteiger partial charge in [-0.2, -0.15) is 0 Å². The van der Waals surface area contributed by atoms with Crippen LogP contribution in [0, 0.1) is 11.7 Å². The highest BCUT2D eigenvalue weighted by Gasteiger charge is 2.10. The van der Waals surface area contributed by atoms with Crippen LogP contribution in [0.15, 0.2) is 18.2 Å². The van der Waals surface area contributed by atoms with E-state index in [-0.39, 0.29) is 30.1 Å². The van der Waals surface area contributed by atoms with Crippen molar-refractivity contribution < 1.29 is 14.2 Å². The SMILES string of the molecule is COc1ccc(C(C)NCC(C)CO)cc1F. The first-order valence-corrected chi connectivity index (χ1v) is 5.76. The second-order valence-corrected chi connectivity index (χ2v) is 4.31. The van der Waals surface area contributed by atoms with Crippen LogP contribution >= 0.6 is 0 Å². The topological polar surface area (TPSA) is 41.5 Å². The molecule has 0 radical (unpaired) electrons. The maximum absolute atomic E-state index is 13.5. The zero-order chi connectivity index (χ0) is 12.8. The summed E-state index contributed by atoms with van der Waals surface area (Å²) >= 11 is 0. The van der Waals surface area contributed by atoms with Gasteiger partial charge in [-0.15, -0.1) is 0 Å². The van der Waals surface area contributed by atoms with E-state index >= 15 is 0 Å². The Morgan fingerprint density at radius 1 is 1.41 bits per heavy atom. The molecule has 0 aromatic heterocycles. The summed E-state index contributed by atoms with van der Waals surface area (Å²) in [5.41, 5.74) is 0.869. The van der Waals surface area contributed by atoms with Gasteiger partial charge in [-0.3, -0.25) is 0 Å². The minimum Gasteiger partial charge on any atom is -0.494 e. The van der Waals surface area contributed by atoms with E-state index in [0.29, 0.717) is 6.54 Å². The minimum absolute atomic E-state index is 0.0457. The summed E-state index contributed by atoms with van der Waals surface area (Å²) in [6.07, 6.45) is 0. The van der Waals surface area contributed by atoms with E-state index in [2.05, 4.69) is 5.32 Å². The molecule has 4 heteroatoms. The average Bonchev–Trinajstić information content (AvgIpc) is 2.35. The molecule has 3 nitrogen and oxygen atoms in total. The van der Waals surface area contributed by atoms with Gasteiger partial charge in [-0.05, 0) is 30.5 Å². The van der Waals surface area contributed by atoms with Gasteiger partial charge in [0.2, 0.25) is 0 Å². The molecule has 1 aromatic carbocycles. The lowest BCUT2D eigenvalue weighted by Gasteiger charge is -2.17. The summed E-state index contributed by atoms with van der Waals surface area (Å²) in [4.78, 5) is 0. The highest BCUT2D eigenvalue weighted by atomic mass is 19.1. The Balaban J connectivity index is 2.63. The summed E-state index contributed by atoms with van der Waals surface area (Å²) in [5.74, 6) is 0.0964. The fraction of sp³-hybridized carbons (Fsp3) is 0.538. The maximum atomic E-state index is 13.5. The molecule has 0 saturated heterocycles. The van der Waals surface area contributed by atoms with Crippen molar-refractivity contribution in [3.63, 3.8) is 0 Å². The normalized spacial score (nSPS) is 14.4. The standard InChI is InChI=1S/C13H20FNO2/c1-9(8-16)7-15-10(2)11-4-5-13(17-3)12(14)6-11/h4-6,9-10,15-16H,7-8H2,1-3H3. The van der Waals surface area contributed by atoms with Gasteiger partial charge in [0.05, 0.1) is 7.11 Å². The van der Waals surface area contributed by atoms with Gasteiger partial charge < -0.3 is 15.2 Å². The van der Waals surface area contributed by atoms with Crippen LogP contribution < -0.4 is 10.1 Å². The first-order chi connectivity index (χ1) is 8.08. The van der Waals surface area contributed by atoms with E-state index < -0.39 is 0 Å². The van der Waals surface area contributed by atoms with Gasteiger partial charge in [0.1, 0.15) is 0 Å². The fourth-order valence-corrected chi connectivity index (χ4v) is 1.51. The molecule has 2 N–H and O–H groups in total. The molecule has 2 atom stereocenters. The monoisotopic (exact) mass is 241 g/mol. The Kier molecular flexibility index (Phi) is 5.38. The van der Waals surface area contributed by atoms with Gasteiger partial charge >= 0.3 is 0 Å². The van der Waals surface area contributed by atoms with Crippen LogP contribution in [0.4, 0.5) is 4.39 Å². The molecule has 0 spiro atoms. The third-order valence-corrected chi connectivity index (χ3v) is 2.76. The van der Waals surface area contributed by atoms with Crippen molar-refractivity contribution in [2.45, 2.75) is 19.9 Å². The Morgan fingerprint density at radius 3 is 2.65 bits per heavy atom. The number of benzene rings is 1. The Hall–Kier alpha value is -1.13. The zero-order valence-electron chi connectivity index (χ0n) is 10.5. The number of rotatable bonds is 6. The molecule has 0 fully saturated rings. The summed E-state index contributed by atoms with van der Waals surface area (Å²) in [6.45, 7) is 4.77. The summed E-state index contributed by atoms with van der Waals surface area (Å²) in [7, 11) is 1.45. The van der Waals surface area contributed by atoms with E-state index in [1.54, 1.807) is 6.07 Å². The number of aliphatic hydroxyl groups excluding tert-OH is 1. The largest absolute Gasteiger partial charge is 0.494 e. The molecular weight excluding hydrogens is 221 g/mol. The molecule has 0 aliphatic rings. The maximum Gasteiger partial charge on any atom is 0.165 e. The predicted octanol–water partition coefficient (Wildman–Crippen LogP) is 2.11. The second kappa shape index (κ2) is 6.57. The lowest BCUT2D eigenvalue weighted by atomic mass is 10.1. The van der Waals surface area contributed by atoms with E-state index in [1.165, 1.54) is 13.2 Å². The number of methoxy groups -OCH3 is 1. The number of ether oxygens (including phenoxy) is 1. The van der Waals surface area contributed by atoms with Crippen LogP contribution in [-0.4, -0.2) is 25.4 Å². The molecule has 0 bridgehead atoms. The highest BCUT2D eigenvalue weighted by molar-refractivity contribution is 5.30. The molecule has 1 rings (SSSR count). The Morgan fingerprint density at radius 2 is 2.12 bits per heavy atom. The average molecular weight is 241 g/mol. The van der Waals surface area contributed by atoms with Crippen molar-refractivity contribution in [3.8, 4) is 5.75 Å². The van der Waals surface area contributed by atoms with Gasteiger partial charge in [0.15, 0.2) is 11.6 Å². The van der Waals surface area contributed by atoms with Crippen LogP contribution in [0.2, 0.25) is 0 Å². The summed E-state index contributed by atoms with van der Waals surface area (Å²) in [6, 6.07) is 4.98. The molecule has 0 aliphatic carbocycles. The highest BCUT2D eigenvalue weighted by Crippen LogP contribution is 2.21. The number of nitrogens with one attached hydrogen (secondary N) is 1. The third kappa shape index (κ3) is 3.98. The van der Waals surface area contributed by atoms with Crippen molar-refractivity contribution in [2.24, 2.45) is 5.92 Å². The third-order valence-electron chi connectivity index (χ3n) is 2.76. The quantitative estimate of drug-likeness (QED) is 0.801. The molecule has 1 aromatic rings. The van der Waals surface area contributed by atoms with Crippen molar-refractivity contribution in [1.29, 1.82) is 0 Å².